The van der Waals surface area contributed by atoms with Crippen molar-refractivity contribution in [1.82, 2.24) is 0 Å². The third kappa shape index (κ3) is 1.96. The number of hydrogen-bond acceptors (Lipinski definition) is 5. The van der Waals surface area contributed by atoms with Gasteiger partial charge in [-0.3, -0.25) is 10.1 Å². The van der Waals surface area contributed by atoms with Gasteiger partial charge >= 0.3 is 5.00 Å². The molecule has 0 aromatic carbocycles. The van der Waals surface area contributed by atoms with Crippen LogP contribution in [-0.2, 0) is 0 Å². The highest BCUT2D eigenvalue weighted by Crippen LogP contribution is 2.33. The number of halogens is 1. The van der Waals surface area contributed by atoms with E-state index >= 15 is 0 Å². The number of oxime groups is 1. The molecule has 0 amide bonds. The minimum atomic E-state index is -0.537. The Labute approximate surface area is 82.4 Å². The van der Waals surface area contributed by atoms with Crippen molar-refractivity contribution in [1.29, 1.82) is 0 Å². The Morgan fingerprint density at radius 1 is 1.85 bits per heavy atom. The molecule has 0 fully saturated rings. The van der Waals surface area contributed by atoms with E-state index in [1.165, 1.54) is 13.0 Å². The van der Waals surface area contributed by atoms with Gasteiger partial charge in [0, 0.05) is 11.6 Å². The summed E-state index contributed by atoms with van der Waals surface area (Å²) in [4.78, 5) is 9.80. The van der Waals surface area contributed by atoms with Crippen LogP contribution in [-0.4, -0.2) is 15.8 Å². The molecule has 1 aromatic heterocycles. The largest absolute Gasteiger partial charge is 0.411 e. The average Bonchev–Trinajstić information content (AvgIpc) is 2.46. The van der Waals surface area contributed by atoms with Crippen LogP contribution in [0.25, 0.3) is 0 Å². The number of rotatable bonds is 2. The first-order valence-corrected chi connectivity index (χ1v) is 4.38. The van der Waals surface area contributed by atoms with Crippen molar-refractivity contribution in [3.8, 4) is 0 Å². The van der Waals surface area contributed by atoms with Crippen LogP contribution in [0, 0.1) is 10.1 Å². The van der Waals surface area contributed by atoms with E-state index in [2.05, 4.69) is 5.16 Å². The van der Waals surface area contributed by atoms with Crippen LogP contribution in [0.5, 0.6) is 0 Å². The predicted molar refractivity (Wildman–Crippen MR) is 50.0 cm³/mol. The van der Waals surface area contributed by atoms with Gasteiger partial charge in [-0.05, 0) is 6.92 Å². The zero-order chi connectivity index (χ0) is 10.0. The number of nitrogens with zero attached hydrogens (tertiary/aromatic N) is 2. The molecule has 0 atom stereocenters. The van der Waals surface area contributed by atoms with E-state index in [9.17, 15) is 10.1 Å². The van der Waals surface area contributed by atoms with Crippen molar-refractivity contribution in [2.75, 3.05) is 0 Å². The second-order valence-electron chi connectivity index (χ2n) is 2.21. The first-order chi connectivity index (χ1) is 6.06. The van der Waals surface area contributed by atoms with Crippen LogP contribution >= 0.6 is 22.9 Å². The van der Waals surface area contributed by atoms with Crippen molar-refractivity contribution in [3.63, 3.8) is 0 Å². The highest BCUT2D eigenvalue weighted by molar-refractivity contribution is 7.19. The van der Waals surface area contributed by atoms with Gasteiger partial charge in [-0.15, -0.1) is 0 Å². The summed E-state index contributed by atoms with van der Waals surface area (Å²) in [6.45, 7) is 1.51. The highest BCUT2D eigenvalue weighted by Gasteiger charge is 2.16. The van der Waals surface area contributed by atoms with E-state index in [0.29, 0.717) is 5.56 Å². The van der Waals surface area contributed by atoms with Gasteiger partial charge in [0.15, 0.2) is 0 Å². The van der Waals surface area contributed by atoms with Crippen molar-refractivity contribution < 1.29 is 10.1 Å². The third-order valence-corrected chi connectivity index (χ3v) is 2.70. The fourth-order valence-electron chi connectivity index (χ4n) is 0.747. The van der Waals surface area contributed by atoms with Crippen LogP contribution in [0.1, 0.15) is 12.5 Å². The summed E-state index contributed by atoms with van der Waals surface area (Å²) in [5, 5.41) is 21.6. The molecule has 1 aromatic rings. The molecule has 0 spiro atoms. The number of hydrogen-bond donors (Lipinski definition) is 1. The lowest BCUT2D eigenvalue weighted by Crippen LogP contribution is -1.91. The summed E-state index contributed by atoms with van der Waals surface area (Å²) >= 11 is 6.53. The number of thiophene rings is 1. The minimum Gasteiger partial charge on any atom is -0.411 e. The van der Waals surface area contributed by atoms with Crippen molar-refractivity contribution in [2.24, 2.45) is 5.16 Å². The topological polar surface area (TPSA) is 75.7 Å². The van der Waals surface area contributed by atoms with E-state index in [1.54, 1.807) is 0 Å². The van der Waals surface area contributed by atoms with Crippen molar-refractivity contribution >= 4 is 33.7 Å². The zero-order valence-corrected chi connectivity index (χ0v) is 8.09. The standard InChI is InChI=1S/C6H5ClN2O3S/c1-3(8-10)4-2-5(9(11)12)13-6(4)7/h2,10H,1H3/b8-3-. The lowest BCUT2D eigenvalue weighted by molar-refractivity contribution is -0.380. The molecule has 0 aliphatic carbocycles. The van der Waals surface area contributed by atoms with E-state index in [0.717, 1.165) is 11.3 Å². The minimum absolute atomic E-state index is 0.0667. The van der Waals surface area contributed by atoms with E-state index < -0.39 is 4.92 Å². The average molecular weight is 221 g/mol. The molecule has 1 rings (SSSR count). The molecule has 1 N–H and O–H groups in total. The van der Waals surface area contributed by atoms with Gasteiger partial charge in [0.2, 0.25) is 0 Å². The first-order valence-electron chi connectivity index (χ1n) is 3.19. The lowest BCUT2D eigenvalue weighted by atomic mass is 10.2. The highest BCUT2D eigenvalue weighted by atomic mass is 35.5. The Morgan fingerprint density at radius 2 is 2.46 bits per heavy atom. The van der Waals surface area contributed by atoms with E-state index in [1.807, 2.05) is 0 Å². The van der Waals surface area contributed by atoms with Crippen LogP contribution < -0.4 is 0 Å². The Kier molecular flexibility index (Phi) is 2.84. The summed E-state index contributed by atoms with van der Waals surface area (Å²) in [5.74, 6) is 0. The molecule has 5 nitrogen and oxygen atoms in total. The molecule has 13 heavy (non-hydrogen) atoms. The Balaban J connectivity index is 3.18. The normalized spacial score (nSPS) is 11.7. The lowest BCUT2D eigenvalue weighted by Gasteiger charge is -1.90. The van der Waals surface area contributed by atoms with Crippen LogP contribution in [0.15, 0.2) is 11.2 Å². The molecule has 1 heterocycles. The molecule has 0 bridgehead atoms. The summed E-state index contributed by atoms with van der Waals surface area (Å²) in [6.07, 6.45) is 0. The molecule has 0 saturated carbocycles. The maximum absolute atomic E-state index is 10.3. The van der Waals surface area contributed by atoms with Crippen LogP contribution in [0.2, 0.25) is 4.34 Å². The van der Waals surface area contributed by atoms with Crippen LogP contribution in [0.3, 0.4) is 0 Å². The molecule has 0 saturated heterocycles. The maximum Gasteiger partial charge on any atom is 0.326 e. The smallest absolute Gasteiger partial charge is 0.326 e. The molecule has 70 valence electrons. The van der Waals surface area contributed by atoms with Gasteiger partial charge in [-0.2, -0.15) is 0 Å². The molecule has 0 aliphatic heterocycles. The molecule has 0 unspecified atom stereocenters. The maximum atomic E-state index is 10.3. The monoisotopic (exact) mass is 220 g/mol. The van der Waals surface area contributed by atoms with E-state index in [4.69, 9.17) is 16.8 Å². The molecule has 0 radical (unpaired) electrons. The Morgan fingerprint density at radius 3 is 2.85 bits per heavy atom. The molecular formula is C6H5ClN2O3S. The summed E-state index contributed by atoms with van der Waals surface area (Å²) in [7, 11) is 0. The van der Waals surface area contributed by atoms with Gasteiger partial charge in [-0.1, -0.05) is 28.1 Å². The molecular weight excluding hydrogens is 216 g/mol. The summed E-state index contributed by atoms with van der Waals surface area (Å²) in [5.41, 5.74) is 0.648. The molecule has 0 aliphatic rings. The molecule has 7 heteroatoms. The zero-order valence-electron chi connectivity index (χ0n) is 6.52. The van der Waals surface area contributed by atoms with Gasteiger partial charge in [0.05, 0.1) is 10.6 Å². The number of nitro groups is 1. The van der Waals surface area contributed by atoms with Gasteiger partial charge < -0.3 is 5.21 Å². The third-order valence-electron chi connectivity index (χ3n) is 1.39. The predicted octanol–water partition coefficient (Wildman–Crippen LogP) is 2.51. The summed E-state index contributed by atoms with van der Waals surface area (Å²) < 4.78 is 0.252. The first kappa shape index (κ1) is 9.94. The Hall–Kier alpha value is -1.14. The second kappa shape index (κ2) is 3.71. The Bertz CT molecular complexity index is 374. The van der Waals surface area contributed by atoms with Crippen molar-refractivity contribution in [3.05, 3.63) is 26.1 Å². The second-order valence-corrected chi connectivity index (χ2v) is 3.85. The van der Waals surface area contributed by atoms with E-state index in [-0.39, 0.29) is 15.0 Å². The fraction of sp³-hybridized carbons (Fsp3) is 0.167. The van der Waals surface area contributed by atoms with Gasteiger partial charge in [0.25, 0.3) is 0 Å². The van der Waals surface area contributed by atoms with Gasteiger partial charge in [-0.25, -0.2) is 0 Å². The quantitative estimate of drug-likeness (QED) is 0.360. The fourth-order valence-corrected chi connectivity index (χ4v) is 1.93. The summed E-state index contributed by atoms with van der Waals surface area (Å²) in [6, 6.07) is 1.28. The van der Waals surface area contributed by atoms with Crippen LogP contribution in [0.4, 0.5) is 5.00 Å². The van der Waals surface area contributed by atoms with Crippen molar-refractivity contribution in [2.45, 2.75) is 6.92 Å². The van der Waals surface area contributed by atoms with Gasteiger partial charge in [0.1, 0.15) is 4.34 Å². The SMILES string of the molecule is C/C(=N/O)c1cc([N+](=O)[O-])sc1Cl.